The van der Waals surface area contributed by atoms with Crippen molar-refractivity contribution in [3.8, 4) is 0 Å². The van der Waals surface area contributed by atoms with Crippen LogP contribution in [0.3, 0.4) is 0 Å². The Morgan fingerprint density at radius 2 is 2.07 bits per heavy atom. The molecule has 146 valence electrons. The van der Waals surface area contributed by atoms with Crippen molar-refractivity contribution in [3.63, 3.8) is 0 Å². The van der Waals surface area contributed by atoms with E-state index in [1.54, 1.807) is 18.2 Å². The van der Waals surface area contributed by atoms with Crippen molar-refractivity contribution in [3.05, 3.63) is 76.7 Å². The molecule has 0 bridgehead atoms. The van der Waals surface area contributed by atoms with Crippen LogP contribution in [0.15, 0.2) is 59.9 Å². The molecule has 6 nitrogen and oxygen atoms in total. The van der Waals surface area contributed by atoms with Crippen molar-refractivity contribution in [1.29, 1.82) is 0 Å². The highest BCUT2D eigenvalue weighted by Crippen LogP contribution is 2.14. The van der Waals surface area contributed by atoms with Crippen LogP contribution in [0.4, 0.5) is 10.8 Å². The van der Waals surface area contributed by atoms with Crippen molar-refractivity contribution >= 4 is 28.1 Å². The number of hydrogen-bond acceptors (Lipinski definition) is 6. The second kappa shape index (κ2) is 9.98. The van der Waals surface area contributed by atoms with E-state index in [9.17, 15) is 9.90 Å². The molecular weight excluding hydrogens is 372 g/mol. The van der Waals surface area contributed by atoms with Gasteiger partial charge in [-0.25, -0.2) is 4.98 Å². The lowest BCUT2D eigenvalue weighted by molar-refractivity contribution is -0.115. The van der Waals surface area contributed by atoms with Gasteiger partial charge in [-0.1, -0.05) is 42.4 Å². The number of nitrogen functional groups attached to an aromatic ring is 1. The number of benzene rings is 2. The Bertz CT molecular complexity index is 1320. The number of rotatable bonds is 9. The minimum Gasteiger partial charge on any atom is -0.387 e. The maximum Gasteiger partial charge on any atom is 0.230 e. The maximum atomic E-state index is 12.7. The second-order valence-corrected chi connectivity index (χ2v) is 6.28. The lowest BCUT2D eigenvalue weighted by Gasteiger charge is -2.12. The van der Waals surface area contributed by atoms with Gasteiger partial charge in [0.1, 0.15) is 0 Å². The summed E-state index contributed by atoms with van der Waals surface area (Å²) in [6, 6.07) is 5.07. The Kier molecular flexibility index (Phi) is 3.82. The standard InChI is InChI=1S/C21H24N4O2S/c22-21-25-18(14-28-21)12-20(27)24-17-8-6-15(7-9-17)10-11-23-13-19(26)16-4-2-1-3-5-16/h1-9,14,19,23,26H,10-13H2,(H2,22,25)(H,24,27)/t19-/m0/s1/i6D,7D,8D,9D,12D2,13D2,14D,19D. The first-order chi connectivity index (χ1) is 17.5. The third kappa shape index (κ3) is 6.16. The smallest absolute Gasteiger partial charge is 0.230 e. The summed E-state index contributed by atoms with van der Waals surface area (Å²) in [5.41, 5.74) is 4.22. The Hall–Kier alpha value is -2.74. The fraction of sp³-hybridized carbons (Fsp3) is 0.238. The third-order valence-corrected chi connectivity index (χ3v) is 3.97. The fourth-order valence-corrected chi connectivity index (χ4v) is 2.52. The zero-order valence-electron chi connectivity index (χ0n) is 24.6. The first-order valence-corrected chi connectivity index (χ1v) is 9.01. The van der Waals surface area contributed by atoms with Crippen LogP contribution in [-0.4, -0.2) is 29.0 Å². The summed E-state index contributed by atoms with van der Waals surface area (Å²) in [6.07, 6.45) is -5.75. The topological polar surface area (TPSA) is 100 Å². The van der Waals surface area contributed by atoms with Crippen molar-refractivity contribution < 1.29 is 23.6 Å². The molecule has 1 heterocycles. The van der Waals surface area contributed by atoms with E-state index >= 15 is 0 Å². The Morgan fingerprint density at radius 3 is 2.75 bits per heavy atom. The van der Waals surface area contributed by atoms with E-state index in [0.29, 0.717) is 11.3 Å². The summed E-state index contributed by atoms with van der Waals surface area (Å²) in [5.74, 6) is -1.37. The molecule has 0 saturated heterocycles. The number of carbonyl (C=O) groups excluding carboxylic acids is 1. The highest BCUT2D eigenvalue weighted by atomic mass is 32.1. The van der Waals surface area contributed by atoms with Gasteiger partial charge in [0, 0.05) is 23.0 Å². The van der Waals surface area contributed by atoms with E-state index in [1.807, 2.05) is 0 Å². The minimum atomic E-state index is -2.85. The van der Waals surface area contributed by atoms with Gasteiger partial charge in [0.25, 0.3) is 0 Å². The predicted molar refractivity (Wildman–Crippen MR) is 113 cm³/mol. The van der Waals surface area contributed by atoms with E-state index in [0.717, 1.165) is 0 Å². The molecule has 1 amide bonds. The molecule has 0 aliphatic rings. The van der Waals surface area contributed by atoms with Crippen LogP contribution in [0.1, 0.15) is 36.6 Å². The molecule has 0 radical (unpaired) electrons. The first kappa shape index (κ1) is 10.7. The fourth-order valence-electron chi connectivity index (χ4n) is 2.09. The van der Waals surface area contributed by atoms with Crippen molar-refractivity contribution in [2.24, 2.45) is 0 Å². The molecule has 7 heteroatoms. The monoisotopic (exact) mass is 406 g/mol. The normalized spacial score (nSPS) is 19.2. The average molecular weight is 407 g/mol. The molecule has 0 unspecified atom stereocenters. The van der Waals surface area contributed by atoms with Gasteiger partial charge in [-0.3, -0.25) is 4.79 Å². The third-order valence-electron chi connectivity index (χ3n) is 3.38. The Labute approximate surface area is 182 Å². The SMILES string of the molecule is [2H]c1sc(N)nc1C([2H])([2H])C(=O)Nc1c([2H])c([2H])c(CCNC([2H])([2H])[C@]([2H])(O)c2ccccc2)c([2H])c1[2H]. The molecule has 1 aromatic heterocycles. The molecule has 3 aromatic rings. The largest absolute Gasteiger partial charge is 0.387 e. The zero-order valence-corrected chi connectivity index (χ0v) is 15.4. The lowest BCUT2D eigenvalue weighted by atomic mass is 10.1. The van der Waals surface area contributed by atoms with E-state index in [2.05, 4.69) is 15.6 Å². The molecule has 0 saturated carbocycles. The van der Waals surface area contributed by atoms with E-state index in [-0.39, 0.29) is 34.6 Å². The number of carbonyl (C=O) groups is 1. The molecular formula is C21H24N4O2S. The highest BCUT2D eigenvalue weighted by Gasteiger charge is 2.08. The lowest BCUT2D eigenvalue weighted by Crippen LogP contribution is -2.23. The summed E-state index contributed by atoms with van der Waals surface area (Å²) in [4.78, 5) is 16.3. The van der Waals surface area contributed by atoms with Crippen molar-refractivity contribution in [2.75, 3.05) is 24.1 Å². The number of nitrogens with one attached hydrogen (secondary N) is 2. The number of amides is 1. The van der Waals surface area contributed by atoms with Gasteiger partial charge < -0.3 is 21.5 Å². The molecule has 2 aromatic carbocycles. The molecule has 28 heavy (non-hydrogen) atoms. The number of aliphatic hydroxyl groups is 1. The maximum absolute atomic E-state index is 12.7. The summed E-state index contributed by atoms with van der Waals surface area (Å²) >= 11 is 0.661. The van der Waals surface area contributed by atoms with Crippen LogP contribution >= 0.6 is 11.3 Å². The van der Waals surface area contributed by atoms with E-state index in [1.165, 1.54) is 12.1 Å². The average Bonchev–Trinajstić information content (AvgIpc) is 3.21. The number of anilines is 2. The number of aromatic nitrogens is 1. The van der Waals surface area contributed by atoms with E-state index < -0.39 is 60.4 Å². The number of hydrogen-bond donors (Lipinski definition) is 4. The van der Waals surface area contributed by atoms with Gasteiger partial charge in [0.05, 0.1) is 26.4 Å². The van der Waals surface area contributed by atoms with Crippen LogP contribution in [0.25, 0.3) is 0 Å². The molecule has 0 aliphatic carbocycles. The van der Waals surface area contributed by atoms with Gasteiger partial charge >= 0.3 is 0 Å². The van der Waals surface area contributed by atoms with Crippen LogP contribution in [0.2, 0.25) is 0 Å². The summed E-state index contributed by atoms with van der Waals surface area (Å²) in [5, 5.41) is 14.4. The first-order valence-electron chi connectivity index (χ1n) is 13.2. The Morgan fingerprint density at radius 1 is 1.32 bits per heavy atom. The van der Waals surface area contributed by atoms with Crippen LogP contribution in [0, 0.1) is 0 Å². The predicted octanol–water partition coefficient (Wildman–Crippen LogP) is 2.77. The molecule has 5 N–H and O–H groups in total. The second-order valence-electron chi connectivity index (χ2n) is 5.45. The van der Waals surface area contributed by atoms with Crippen molar-refractivity contribution in [1.82, 2.24) is 10.3 Å². The molecule has 0 fully saturated rings. The Balaban J connectivity index is 1.81. The van der Waals surface area contributed by atoms with Gasteiger partial charge in [-0.05, 0) is 36.2 Å². The zero-order chi connectivity index (χ0) is 28.6. The van der Waals surface area contributed by atoms with Crippen LogP contribution in [-0.2, 0) is 17.6 Å². The number of nitrogens with two attached hydrogens (primary N) is 1. The minimum absolute atomic E-state index is 0.000386. The van der Waals surface area contributed by atoms with Gasteiger partial charge in [0.2, 0.25) is 5.91 Å². The van der Waals surface area contributed by atoms with E-state index in [4.69, 9.17) is 19.4 Å². The van der Waals surface area contributed by atoms with Gasteiger partial charge in [0.15, 0.2) is 5.13 Å². The molecule has 3 rings (SSSR count). The highest BCUT2D eigenvalue weighted by molar-refractivity contribution is 7.13. The quantitative estimate of drug-likeness (QED) is 0.438. The van der Waals surface area contributed by atoms with Crippen LogP contribution in [0.5, 0.6) is 0 Å². The molecule has 0 spiro atoms. The molecule has 1 atom stereocenters. The van der Waals surface area contributed by atoms with Crippen LogP contribution < -0.4 is 16.4 Å². The van der Waals surface area contributed by atoms with Gasteiger partial charge in [-0.15, -0.1) is 11.3 Å². The molecule has 0 aliphatic heterocycles. The summed E-state index contributed by atoms with van der Waals surface area (Å²) in [6.45, 7) is -2.93. The summed E-state index contributed by atoms with van der Waals surface area (Å²) in [7, 11) is 0. The number of thiazole rings is 1. The van der Waals surface area contributed by atoms with Gasteiger partial charge in [-0.2, -0.15) is 0 Å². The number of nitrogens with zero attached hydrogens (tertiary/aromatic N) is 1. The van der Waals surface area contributed by atoms with Crippen molar-refractivity contribution in [2.45, 2.75) is 18.9 Å². The summed E-state index contributed by atoms with van der Waals surface area (Å²) < 4.78 is 81.2.